The molecule has 28 heavy (non-hydrogen) atoms. The molecule has 1 amide bonds. The fourth-order valence-electron chi connectivity index (χ4n) is 3.39. The van der Waals surface area contributed by atoms with Crippen molar-refractivity contribution >= 4 is 33.1 Å². The molecule has 2 aromatic heterocycles. The van der Waals surface area contributed by atoms with Gasteiger partial charge in [-0.15, -0.1) is 11.3 Å². The minimum absolute atomic E-state index is 0.0134. The molecule has 3 aromatic rings. The lowest BCUT2D eigenvalue weighted by Crippen LogP contribution is -2.36. The summed E-state index contributed by atoms with van der Waals surface area (Å²) in [5, 5.41) is 1.06. The highest BCUT2D eigenvalue weighted by Crippen LogP contribution is 2.29. The summed E-state index contributed by atoms with van der Waals surface area (Å²) in [5.74, 6) is 0.642. The average molecular weight is 406 g/mol. The maximum atomic E-state index is 12.9. The first kappa shape index (κ1) is 18.7. The SMILES string of the molecule is O=C(c1cc2ccccc2s1)N1CCCN(c2ccc(C(F)(F)F)c[nH+]2)CC1. The molecule has 0 atom stereocenters. The van der Waals surface area contributed by atoms with Gasteiger partial charge in [-0.2, -0.15) is 13.2 Å². The predicted octanol–water partition coefficient (Wildman–Crippen LogP) is 4.09. The van der Waals surface area contributed by atoms with Gasteiger partial charge in [-0.3, -0.25) is 9.69 Å². The molecule has 1 fully saturated rings. The molecule has 1 N–H and O–H groups in total. The molecular weight excluding hydrogens is 387 g/mol. The molecule has 1 aromatic carbocycles. The van der Waals surface area contributed by atoms with E-state index in [2.05, 4.69) is 4.98 Å². The number of fused-ring (bicyclic) bond motifs is 1. The van der Waals surface area contributed by atoms with E-state index in [9.17, 15) is 18.0 Å². The highest BCUT2D eigenvalue weighted by Gasteiger charge is 2.32. The number of hydrogen-bond acceptors (Lipinski definition) is 3. The molecule has 1 saturated heterocycles. The lowest BCUT2D eigenvalue weighted by Gasteiger charge is -2.19. The number of rotatable bonds is 2. The van der Waals surface area contributed by atoms with Crippen LogP contribution in [0, 0.1) is 0 Å². The summed E-state index contributed by atoms with van der Waals surface area (Å²) < 4.78 is 39.3. The number of anilines is 1. The van der Waals surface area contributed by atoms with Crippen LogP contribution in [0.15, 0.2) is 48.7 Å². The van der Waals surface area contributed by atoms with E-state index in [0.717, 1.165) is 33.6 Å². The minimum atomic E-state index is -4.36. The first-order valence-electron chi connectivity index (χ1n) is 9.03. The van der Waals surface area contributed by atoms with Crippen LogP contribution >= 0.6 is 11.3 Å². The third kappa shape index (κ3) is 3.82. The molecule has 3 heterocycles. The van der Waals surface area contributed by atoms with Gasteiger partial charge in [0.15, 0.2) is 0 Å². The third-order valence-corrected chi connectivity index (χ3v) is 5.99. The molecule has 1 aliphatic rings. The van der Waals surface area contributed by atoms with Crippen LogP contribution in [-0.2, 0) is 6.18 Å². The van der Waals surface area contributed by atoms with Crippen LogP contribution in [0.25, 0.3) is 10.1 Å². The van der Waals surface area contributed by atoms with E-state index in [1.54, 1.807) is 0 Å². The van der Waals surface area contributed by atoms with Crippen molar-refractivity contribution in [3.8, 4) is 0 Å². The van der Waals surface area contributed by atoms with Gasteiger partial charge in [0.05, 0.1) is 23.5 Å². The smallest absolute Gasteiger partial charge is 0.334 e. The zero-order valence-electron chi connectivity index (χ0n) is 15.0. The zero-order chi connectivity index (χ0) is 19.7. The number of amides is 1. The third-order valence-electron chi connectivity index (χ3n) is 4.88. The number of nitrogens with one attached hydrogen (secondary N) is 1. The second kappa shape index (κ2) is 7.43. The predicted molar refractivity (Wildman–Crippen MR) is 103 cm³/mol. The topological polar surface area (TPSA) is 37.7 Å². The number of halogens is 3. The Morgan fingerprint density at radius 3 is 2.57 bits per heavy atom. The summed E-state index contributed by atoms with van der Waals surface area (Å²) in [6, 6.07) is 12.4. The number of pyridine rings is 1. The number of hydrogen-bond donors (Lipinski definition) is 0. The van der Waals surface area contributed by atoms with Gasteiger partial charge in [0, 0.05) is 23.7 Å². The molecule has 0 bridgehead atoms. The van der Waals surface area contributed by atoms with Gasteiger partial charge in [-0.05, 0) is 23.6 Å². The molecular formula is C20H19F3N3OS+. The van der Waals surface area contributed by atoms with Crippen LogP contribution in [0.4, 0.5) is 19.0 Å². The van der Waals surface area contributed by atoms with Gasteiger partial charge in [0.1, 0.15) is 12.7 Å². The summed E-state index contributed by atoms with van der Waals surface area (Å²) in [7, 11) is 0. The van der Waals surface area contributed by atoms with Crippen LogP contribution < -0.4 is 9.88 Å². The number of thiophene rings is 1. The van der Waals surface area contributed by atoms with Crippen LogP contribution in [-0.4, -0.2) is 37.0 Å². The number of carbonyl (C=O) groups excluding carboxylic acids is 1. The number of nitrogens with zero attached hydrogens (tertiary/aromatic N) is 2. The van der Waals surface area contributed by atoms with Crippen molar-refractivity contribution in [2.75, 3.05) is 31.1 Å². The van der Waals surface area contributed by atoms with Crippen molar-refractivity contribution < 1.29 is 22.9 Å². The van der Waals surface area contributed by atoms with Crippen molar-refractivity contribution in [1.29, 1.82) is 0 Å². The molecule has 0 aliphatic carbocycles. The average Bonchev–Trinajstić information content (AvgIpc) is 2.96. The van der Waals surface area contributed by atoms with E-state index in [1.807, 2.05) is 40.1 Å². The van der Waals surface area contributed by atoms with E-state index < -0.39 is 11.7 Å². The van der Waals surface area contributed by atoms with Crippen LogP contribution in [0.2, 0.25) is 0 Å². The largest absolute Gasteiger partial charge is 0.419 e. The monoisotopic (exact) mass is 406 g/mol. The lowest BCUT2D eigenvalue weighted by molar-refractivity contribution is -0.367. The van der Waals surface area contributed by atoms with Gasteiger partial charge in [-0.1, -0.05) is 18.2 Å². The molecule has 4 rings (SSSR count). The van der Waals surface area contributed by atoms with Gasteiger partial charge >= 0.3 is 6.18 Å². The Bertz CT molecular complexity index is 951. The molecule has 0 saturated carbocycles. The lowest BCUT2D eigenvalue weighted by atomic mass is 10.2. The molecule has 4 nitrogen and oxygen atoms in total. The van der Waals surface area contributed by atoms with E-state index >= 15 is 0 Å². The fourth-order valence-corrected chi connectivity index (χ4v) is 4.42. The van der Waals surface area contributed by atoms with Crippen molar-refractivity contribution in [2.24, 2.45) is 0 Å². The fraction of sp³-hybridized carbons (Fsp3) is 0.300. The number of aromatic nitrogens is 1. The normalized spacial score (nSPS) is 15.7. The maximum absolute atomic E-state index is 12.9. The summed E-state index contributed by atoms with van der Waals surface area (Å²) in [5.41, 5.74) is -0.701. The molecule has 1 aliphatic heterocycles. The first-order chi connectivity index (χ1) is 13.4. The second-order valence-electron chi connectivity index (χ2n) is 6.74. The van der Waals surface area contributed by atoms with E-state index in [0.29, 0.717) is 32.0 Å². The second-order valence-corrected chi connectivity index (χ2v) is 7.83. The number of alkyl halides is 3. The molecule has 8 heteroatoms. The van der Waals surface area contributed by atoms with Gasteiger partial charge < -0.3 is 4.90 Å². The summed E-state index contributed by atoms with van der Waals surface area (Å²) >= 11 is 1.49. The highest BCUT2D eigenvalue weighted by atomic mass is 32.1. The quantitative estimate of drug-likeness (QED) is 0.643. The molecule has 0 spiro atoms. The Morgan fingerprint density at radius 2 is 1.86 bits per heavy atom. The minimum Gasteiger partial charge on any atom is -0.334 e. The summed E-state index contributed by atoms with van der Waals surface area (Å²) in [4.78, 5) is 20.2. The first-order valence-corrected chi connectivity index (χ1v) is 9.85. The van der Waals surface area contributed by atoms with Gasteiger partial charge in [-0.25, -0.2) is 4.98 Å². The number of carbonyl (C=O) groups is 1. The molecule has 146 valence electrons. The van der Waals surface area contributed by atoms with Crippen LogP contribution in [0.5, 0.6) is 0 Å². The standard InChI is InChI=1S/C20H18F3N3OS/c21-20(22,23)15-6-7-18(24-13-15)25-8-3-9-26(11-10-25)19(27)17-12-14-4-1-2-5-16(14)28-17/h1-2,4-7,12-13H,3,8-11H2/p+1. The maximum Gasteiger partial charge on any atom is 0.419 e. The van der Waals surface area contributed by atoms with E-state index in [-0.39, 0.29) is 5.91 Å². The molecule has 0 unspecified atom stereocenters. The van der Waals surface area contributed by atoms with Crippen molar-refractivity contribution in [2.45, 2.75) is 12.6 Å². The number of H-pyrrole nitrogens is 1. The van der Waals surface area contributed by atoms with Crippen LogP contribution in [0.1, 0.15) is 21.7 Å². The summed E-state index contributed by atoms with van der Waals surface area (Å²) in [6.45, 7) is 2.41. The van der Waals surface area contributed by atoms with Gasteiger partial charge in [0.2, 0.25) is 0 Å². The number of benzene rings is 1. The van der Waals surface area contributed by atoms with Crippen molar-refractivity contribution in [3.05, 3.63) is 59.1 Å². The summed E-state index contributed by atoms with van der Waals surface area (Å²) in [6.07, 6.45) is -2.62. The van der Waals surface area contributed by atoms with Gasteiger partial charge in [0.25, 0.3) is 11.7 Å². The Labute approximate surface area is 164 Å². The molecule has 0 radical (unpaired) electrons. The van der Waals surface area contributed by atoms with Crippen LogP contribution in [0.3, 0.4) is 0 Å². The van der Waals surface area contributed by atoms with E-state index in [1.165, 1.54) is 17.4 Å². The number of aromatic amines is 1. The Hall–Kier alpha value is -2.61. The zero-order valence-corrected chi connectivity index (χ0v) is 15.8. The Morgan fingerprint density at radius 1 is 1.04 bits per heavy atom. The van der Waals surface area contributed by atoms with E-state index in [4.69, 9.17) is 0 Å². The Kier molecular flexibility index (Phi) is 4.97. The van der Waals surface area contributed by atoms with Crippen molar-refractivity contribution in [1.82, 2.24) is 4.90 Å². The highest BCUT2D eigenvalue weighted by molar-refractivity contribution is 7.20. The Balaban J connectivity index is 1.45. The van der Waals surface area contributed by atoms with Crippen molar-refractivity contribution in [3.63, 3.8) is 0 Å².